The fourth-order valence-electron chi connectivity index (χ4n) is 5.90. The number of benzene rings is 5. The normalized spacial score (nSPS) is 12.2. The largest absolute Gasteiger partial charge is 0.506 e. The van der Waals surface area contributed by atoms with Gasteiger partial charge in [-0.25, -0.2) is 4.79 Å². The van der Waals surface area contributed by atoms with Crippen molar-refractivity contribution in [2.75, 3.05) is 6.54 Å². The smallest absolute Gasteiger partial charge is 0.405 e. The van der Waals surface area contributed by atoms with E-state index in [0.717, 1.165) is 27.8 Å². The van der Waals surface area contributed by atoms with Crippen LogP contribution in [0.2, 0.25) is 0 Å². The van der Waals surface area contributed by atoms with Gasteiger partial charge in [0.15, 0.2) is 0 Å². The molecule has 0 saturated carbocycles. The third kappa shape index (κ3) is 9.02. The van der Waals surface area contributed by atoms with Crippen LogP contribution in [0.15, 0.2) is 132 Å². The molecule has 52 heavy (non-hydrogen) atoms. The number of carboxylic acid groups (broad SMARTS) is 1. The van der Waals surface area contributed by atoms with E-state index in [9.17, 15) is 29.7 Å². The Morgan fingerprint density at radius 2 is 1.44 bits per heavy atom. The number of aromatic hydroxyl groups is 1. The molecular formula is C41H38N4O7. The number of rotatable bonds is 14. The number of aromatic nitrogens is 1. The van der Waals surface area contributed by atoms with Crippen molar-refractivity contribution < 1.29 is 29.6 Å². The molecule has 5 aromatic carbocycles. The maximum Gasteiger partial charge on any atom is 0.405 e. The van der Waals surface area contributed by atoms with Gasteiger partial charge in [-0.3, -0.25) is 9.59 Å². The van der Waals surface area contributed by atoms with Crippen molar-refractivity contribution in [2.45, 2.75) is 31.8 Å². The van der Waals surface area contributed by atoms with Crippen LogP contribution in [0.5, 0.6) is 11.5 Å². The third-order valence-electron chi connectivity index (χ3n) is 8.62. The maximum absolute atomic E-state index is 12.9. The van der Waals surface area contributed by atoms with Crippen molar-refractivity contribution in [2.24, 2.45) is 0 Å². The van der Waals surface area contributed by atoms with Crippen molar-refractivity contribution >= 4 is 22.9 Å². The van der Waals surface area contributed by atoms with Gasteiger partial charge in [0.2, 0.25) is 5.56 Å². The Morgan fingerprint density at radius 3 is 2.17 bits per heavy atom. The molecule has 1 unspecified atom stereocenters. The SMILES string of the molecule is O=C(O)N[C@@H](c1ccccc1)c1cccc(OCc2ccc(C(=O)NCc3ccc(CNCC(O)c4ccc(O)c5[nH]c(=O)ccc45)cc3)cc2)c1. The molecule has 1 aromatic heterocycles. The van der Waals surface area contributed by atoms with Crippen LogP contribution in [-0.2, 0) is 19.7 Å². The first-order valence-electron chi connectivity index (χ1n) is 16.7. The molecule has 7 N–H and O–H groups in total. The highest BCUT2D eigenvalue weighted by Crippen LogP contribution is 2.29. The number of amides is 2. The van der Waals surface area contributed by atoms with Gasteiger partial charge in [0.25, 0.3) is 5.91 Å². The monoisotopic (exact) mass is 698 g/mol. The maximum atomic E-state index is 12.9. The number of phenolic OH excluding ortho intramolecular Hbond substituents is 1. The fourth-order valence-corrected chi connectivity index (χ4v) is 5.90. The summed E-state index contributed by atoms with van der Waals surface area (Å²) in [4.78, 5) is 38.6. The van der Waals surface area contributed by atoms with Gasteiger partial charge in [-0.15, -0.1) is 0 Å². The minimum absolute atomic E-state index is 0.0559. The summed E-state index contributed by atoms with van der Waals surface area (Å²) in [5, 5.41) is 39.6. The summed E-state index contributed by atoms with van der Waals surface area (Å²) in [7, 11) is 0. The Labute approximate surface area is 299 Å². The molecule has 0 aliphatic heterocycles. The van der Waals surface area contributed by atoms with Crippen LogP contribution >= 0.6 is 0 Å². The molecule has 0 radical (unpaired) electrons. The van der Waals surface area contributed by atoms with Crippen LogP contribution in [0.3, 0.4) is 0 Å². The number of phenols is 1. The number of ether oxygens (including phenoxy) is 1. The Morgan fingerprint density at radius 1 is 0.750 bits per heavy atom. The number of hydrogen-bond donors (Lipinski definition) is 7. The van der Waals surface area contributed by atoms with Gasteiger partial charge in [-0.05, 0) is 69.8 Å². The van der Waals surface area contributed by atoms with Crippen LogP contribution in [-0.4, -0.2) is 38.8 Å². The highest BCUT2D eigenvalue weighted by molar-refractivity contribution is 5.94. The number of aliphatic hydroxyl groups excluding tert-OH is 1. The first kappa shape index (κ1) is 35.4. The number of hydrogen-bond acceptors (Lipinski definition) is 7. The summed E-state index contributed by atoms with van der Waals surface area (Å²) in [5.74, 6) is 0.331. The summed E-state index contributed by atoms with van der Waals surface area (Å²) in [6, 6.07) is 37.1. The molecule has 2 atom stereocenters. The van der Waals surface area contributed by atoms with Crippen molar-refractivity contribution in [1.29, 1.82) is 0 Å². The number of fused-ring (bicyclic) bond motifs is 1. The van der Waals surface area contributed by atoms with Gasteiger partial charge in [0, 0.05) is 36.7 Å². The lowest BCUT2D eigenvalue weighted by molar-refractivity contribution is 0.0950. The lowest BCUT2D eigenvalue weighted by atomic mass is 9.98. The number of carbonyl (C=O) groups is 2. The lowest BCUT2D eigenvalue weighted by Gasteiger charge is -2.19. The van der Waals surface area contributed by atoms with E-state index in [4.69, 9.17) is 4.74 Å². The van der Waals surface area contributed by atoms with Crippen molar-refractivity contribution in [3.05, 3.63) is 177 Å². The van der Waals surface area contributed by atoms with E-state index < -0.39 is 18.2 Å². The van der Waals surface area contributed by atoms with Crippen molar-refractivity contribution in [1.82, 2.24) is 20.9 Å². The van der Waals surface area contributed by atoms with E-state index in [1.807, 2.05) is 91.0 Å². The molecule has 1 heterocycles. The van der Waals surface area contributed by atoms with Gasteiger partial charge in [0.05, 0.1) is 17.7 Å². The van der Waals surface area contributed by atoms with Crippen LogP contribution < -0.4 is 26.2 Å². The Bertz CT molecular complexity index is 2200. The number of aromatic amines is 1. The Hall–Kier alpha value is -6.43. The van der Waals surface area contributed by atoms with E-state index in [0.29, 0.717) is 40.9 Å². The van der Waals surface area contributed by atoms with Gasteiger partial charge in [-0.1, -0.05) is 84.9 Å². The second kappa shape index (κ2) is 16.5. The van der Waals surface area contributed by atoms with E-state index in [1.54, 1.807) is 24.3 Å². The number of pyridine rings is 1. The summed E-state index contributed by atoms with van der Waals surface area (Å²) < 4.78 is 6.01. The minimum atomic E-state index is -1.12. The summed E-state index contributed by atoms with van der Waals surface area (Å²) in [6.45, 7) is 1.39. The number of H-pyrrole nitrogens is 1. The third-order valence-corrected chi connectivity index (χ3v) is 8.62. The van der Waals surface area contributed by atoms with Crippen LogP contribution in [0.25, 0.3) is 10.9 Å². The molecule has 0 fully saturated rings. The molecule has 0 saturated heterocycles. The number of aliphatic hydroxyl groups is 1. The van der Waals surface area contributed by atoms with E-state index in [1.165, 1.54) is 12.1 Å². The van der Waals surface area contributed by atoms with Crippen molar-refractivity contribution in [3.63, 3.8) is 0 Å². The topological polar surface area (TPSA) is 173 Å². The predicted molar refractivity (Wildman–Crippen MR) is 197 cm³/mol. The molecule has 11 nitrogen and oxygen atoms in total. The van der Waals surface area contributed by atoms with E-state index >= 15 is 0 Å². The Balaban J connectivity index is 0.960. The molecule has 6 rings (SSSR count). The highest BCUT2D eigenvalue weighted by atomic mass is 16.5. The zero-order valence-electron chi connectivity index (χ0n) is 28.1. The first-order chi connectivity index (χ1) is 25.2. The van der Waals surface area contributed by atoms with Crippen LogP contribution in [0.1, 0.15) is 55.9 Å². The average Bonchev–Trinajstić information content (AvgIpc) is 3.16. The molecule has 2 amide bonds. The van der Waals surface area contributed by atoms with Gasteiger partial charge >= 0.3 is 6.09 Å². The molecule has 0 spiro atoms. The molecule has 264 valence electrons. The summed E-state index contributed by atoms with van der Waals surface area (Å²) in [6.07, 6.45) is -1.98. The zero-order chi connectivity index (χ0) is 36.5. The van der Waals surface area contributed by atoms with E-state index in [2.05, 4.69) is 20.9 Å². The average molecular weight is 699 g/mol. The van der Waals surface area contributed by atoms with Crippen LogP contribution in [0.4, 0.5) is 4.79 Å². The van der Waals surface area contributed by atoms with Gasteiger partial charge in [0.1, 0.15) is 18.1 Å². The minimum Gasteiger partial charge on any atom is -0.506 e. The highest BCUT2D eigenvalue weighted by Gasteiger charge is 2.17. The first-order valence-corrected chi connectivity index (χ1v) is 16.7. The summed E-state index contributed by atoms with van der Waals surface area (Å²) in [5.41, 5.74) is 5.44. The fraction of sp³-hybridized carbons (Fsp3) is 0.146. The second-order valence-electron chi connectivity index (χ2n) is 12.3. The number of carbonyl (C=O) groups excluding carboxylic acids is 1. The molecule has 0 aliphatic carbocycles. The Kier molecular flexibility index (Phi) is 11.2. The van der Waals surface area contributed by atoms with Crippen molar-refractivity contribution in [3.8, 4) is 11.5 Å². The molecular weight excluding hydrogens is 660 g/mol. The quantitative estimate of drug-likeness (QED) is 0.0734. The molecule has 6 aromatic rings. The standard InChI is InChI=1S/C41H38N4O7/c46-35-19-17-33(34-18-20-37(48)44-39(34)35)36(47)24-42-22-26-9-11-27(12-10-26)23-43-40(49)30-15-13-28(14-16-30)25-52-32-8-4-7-31(21-32)38(45-41(50)51)29-5-2-1-3-6-29/h1-21,36,38,42,45-47H,22-25H2,(H,43,49)(H,44,48)(H,50,51)/t36?,38-/m0/s1. The molecule has 0 aliphatic rings. The lowest BCUT2D eigenvalue weighted by Crippen LogP contribution is -2.27. The van der Waals surface area contributed by atoms with Crippen LogP contribution in [0, 0.1) is 0 Å². The van der Waals surface area contributed by atoms with Gasteiger partial charge in [-0.2, -0.15) is 0 Å². The zero-order valence-corrected chi connectivity index (χ0v) is 28.1. The second-order valence-corrected chi connectivity index (χ2v) is 12.3. The molecule has 0 bridgehead atoms. The predicted octanol–water partition coefficient (Wildman–Crippen LogP) is 5.92. The number of nitrogens with one attached hydrogen (secondary N) is 4. The van der Waals surface area contributed by atoms with E-state index in [-0.39, 0.29) is 30.4 Å². The summed E-state index contributed by atoms with van der Waals surface area (Å²) >= 11 is 0. The molecule has 11 heteroatoms. The van der Waals surface area contributed by atoms with Gasteiger partial charge < -0.3 is 41.0 Å².